The number of aliphatic imine (C=N–C) groups is 1. The van der Waals surface area contributed by atoms with Gasteiger partial charge in [0.2, 0.25) is 0 Å². The Bertz CT molecular complexity index is 642. The molecule has 0 bridgehead atoms. The third-order valence-electron chi connectivity index (χ3n) is 5.76. The lowest BCUT2D eigenvalue weighted by Gasteiger charge is -2.35. The Hall–Kier alpha value is -0.770. The lowest BCUT2D eigenvalue weighted by atomic mass is 10.1. The largest absolute Gasteiger partial charge is 0.369 e. The minimum Gasteiger partial charge on any atom is -0.369 e. The van der Waals surface area contributed by atoms with Crippen LogP contribution in [0.5, 0.6) is 0 Å². The summed E-state index contributed by atoms with van der Waals surface area (Å²) in [4.78, 5) is 11.7. The molecule has 29 heavy (non-hydrogen) atoms. The predicted molar refractivity (Wildman–Crippen MR) is 135 cm³/mol. The summed E-state index contributed by atoms with van der Waals surface area (Å²) in [6, 6.07) is 6.20. The zero-order chi connectivity index (χ0) is 19.8. The van der Waals surface area contributed by atoms with Crippen LogP contribution in [-0.4, -0.2) is 82.2 Å². The number of piperazine rings is 1. The SMILES string of the molecule is CN=C(NCCN1CCCCC1)NCc1c(Cl)cccc1N1CCN(C)CC1.I. The van der Waals surface area contributed by atoms with Crippen LogP contribution in [0, 0.1) is 0 Å². The van der Waals surface area contributed by atoms with Gasteiger partial charge in [-0.1, -0.05) is 24.1 Å². The number of rotatable bonds is 6. The van der Waals surface area contributed by atoms with E-state index >= 15 is 0 Å². The number of hydrogen-bond donors (Lipinski definition) is 2. The van der Waals surface area contributed by atoms with Gasteiger partial charge < -0.3 is 25.3 Å². The first-order valence-corrected chi connectivity index (χ1v) is 10.9. The Morgan fingerprint density at radius 1 is 1.03 bits per heavy atom. The van der Waals surface area contributed by atoms with Crippen molar-refractivity contribution in [2.45, 2.75) is 25.8 Å². The highest BCUT2D eigenvalue weighted by Crippen LogP contribution is 2.28. The van der Waals surface area contributed by atoms with Crippen molar-refractivity contribution in [3.63, 3.8) is 0 Å². The molecule has 1 aromatic rings. The molecule has 2 saturated heterocycles. The van der Waals surface area contributed by atoms with Gasteiger partial charge in [0.1, 0.15) is 0 Å². The molecule has 0 aromatic heterocycles. The maximum Gasteiger partial charge on any atom is 0.191 e. The number of likely N-dealkylation sites (tertiary alicyclic amines) is 1. The maximum absolute atomic E-state index is 6.57. The Labute approximate surface area is 198 Å². The van der Waals surface area contributed by atoms with Crippen LogP contribution in [0.1, 0.15) is 24.8 Å². The van der Waals surface area contributed by atoms with Crippen molar-refractivity contribution >= 4 is 47.2 Å². The van der Waals surface area contributed by atoms with Crippen LogP contribution in [0.4, 0.5) is 5.69 Å². The van der Waals surface area contributed by atoms with Crippen molar-refractivity contribution in [3.05, 3.63) is 28.8 Å². The predicted octanol–water partition coefficient (Wildman–Crippen LogP) is 2.86. The van der Waals surface area contributed by atoms with Gasteiger partial charge in [0.15, 0.2) is 5.96 Å². The van der Waals surface area contributed by atoms with Crippen molar-refractivity contribution < 1.29 is 0 Å². The molecule has 6 nitrogen and oxygen atoms in total. The molecular weight excluding hydrogens is 499 g/mol. The zero-order valence-corrected chi connectivity index (χ0v) is 20.9. The lowest BCUT2D eigenvalue weighted by molar-refractivity contribution is 0.232. The van der Waals surface area contributed by atoms with Gasteiger partial charge in [-0.15, -0.1) is 24.0 Å². The molecular formula is C21H36ClIN6. The number of likely N-dealkylation sites (N-methyl/N-ethyl adjacent to an activating group) is 1. The fourth-order valence-electron chi connectivity index (χ4n) is 3.97. The summed E-state index contributed by atoms with van der Waals surface area (Å²) >= 11 is 6.57. The number of piperidine rings is 1. The van der Waals surface area contributed by atoms with Crippen LogP contribution in [0.2, 0.25) is 5.02 Å². The summed E-state index contributed by atoms with van der Waals surface area (Å²) in [5.41, 5.74) is 2.38. The molecule has 0 spiro atoms. The number of benzene rings is 1. The van der Waals surface area contributed by atoms with E-state index in [1.807, 2.05) is 19.2 Å². The molecule has 0 saturated carbocycles. The van der Waals surface area contributed by atoms with Gasteiger partial charge in [-0.2, -0.15) is 0 Å². The molecule has 0 aliphatic carbocycles. The van der Waals surface area contributed by atoms with Crippen molar-refractivity contribution in [1.82, 2.24) is 20.4 Å². The number of guanidine groups is 1. The molecule has 0 amide bonds. The highest BCUT2D eigenvalue weighted by molar-refractivity contribution is 14.0. The van der Waals surface area contributed by atoms with Crippen LogP contribution < -0.4 is 15.5 Å². The smallest absolute Gasteiger partial charge is 0.191 e. The van der Waals surface area contributed by atoms with E-state index in [4.69, 9.17) is 11.6 Å². The molecule has 1 aromatic carbocycles. The molecule has 2 heterocycles. The summed E-state index contributed by atoms with van der Waals surface area (Å²) in [6.45, 7) is 9.33. The Kier molecular flexibility index (Phi) is 10.8. The zero-order valence-electron chi connectivity index (χ0n) is 17.8. The van der Waals surface area contributed by atoms with Crippen LogP contribution in [0.15, 0.2) is 23.2 Å². The van der Waals surface area contributed by atoms with E-state index in [9.17, 15) is 0 Å². The van der Waals surface area contributed by atoms with E-state index in [0.29, 0.717) is 6.54 Å². The second-order valence-electron chi connectivity index (χ2n) is 7.78. The lowest BCUT2D eigenvalue weighted by Crippen LogP contribution is -2.45. The summed E-state index contributed by atoms with van der Waals surface area (Å²) in [5, 5.41) is 7.71. The van der Waals surface area contributed by atoms with Crippen LogP contribution in [-0.2, 0) is 6.54 Å². The average molecular weight is 535 g/mol. The van der Waals surface area contributed by atoms with E-state index in [-0.39, 0.29) is 24.0 Å². The molecule has 0 unspecified atom stereocenters. The molecule has 2 fully saturated rings. The standard InChI is InChI=1S/C21H35ClN6.HI/c1-23-21(24-9-12-27-10-4-3-5-11-27)25-17-18-19(22)7-6-8-20(18)28-15-13-26(2)14-16-28;/h6-8H,3-5,9-17H2,1-2H3,(H2,23,24,25);1H. The normalized spacial score (nSPS) is 19.0. The molecule has 0 atom stereocenters. The third kappa shape index (κ3) is 7.45. The fraction of sp³-hybridized carbons (Fsp3) is 0.667. The Balaban J connectivity index is 0.00000300. The molecule has 2 aliphatic rings. The van der Waals surface area contributed by atoms with Gasteiger partial charge in [0, 0.05) is 69.1 Å². The molecule has 8 heteroatoms. The van der Waals surface area contributed by atoms with Gasteiger partial charge in [-0.3, -0.25) is 4.99 Å². The van der Waals surface area contributed by atoms with Gasteiger partial charge in [-0.25, -0.2) is 0 Å². The van der Waals surface area contributed by atoms with Crippen LogP contribution in [0.25, 0.3) is 0 Å². The van der Waals surface area contributed by atoms with E-state index < -0.39 is 0 Å². The summed E-state index contributed by atoms with van der Waals surface area (Å²) in [6.07, 6.45) is 4.03. The first-order chi connectivity index (χ1) is 13.7. The summed E-state index contributed by atoms with van der Waals surface area (Å²) in [5.74, 6) is 0.834. The van der Waals surface area contributed by atoms with Crippen LogP contribution >= 0.6 is 35.6 Å². The second-order valence-corrected chi connectivity index (χ2v) is 8.19. The number of nitrogens with zero attached hydrogens (tertiary/aromatic N) is 4. The number of halogens is 2. The highest BCUT2D eigenvalue weighted by Gasteiger charge is 2.18. The summed E-state index contributed by atoms with van der Waals surface area (Å²) < 4.78 is 0. The molecule has 0 radical (unpaired) electrons. The van der Waals surface area contributed by atoms with E-state index in [1.54, 1.807) is 0 Å². The van der Waals surface area contributed by atoms with Crippen molar-refractivity contribution in [2.24, 2.45) is 4.99 Å². The second kappa shape index (κ2) is 12.8. The minimum absolute atomic E-state index is 0. The fourth-order valence-corrected chi connectivity index (χ4v) is 4.21. The van der Waals surface area contributed by atoms with Crippen LogP contribution in [0.3, 0.4) is 0 Å². The molecule has 3 rings (SSSR count). The van der Waals surface area contributed by atoms with Gasteiger partial charge in [-0.05, 0) is 45.1 Å². The minimum atomic E-state index is 0. The van der Waals surface area contributed by atoms with Crippen molar-refractivity contribution in [1.29, 1.82) is 0 Å². The average Bonchev–Trinajstić information content (AvgIpc) is 2.72. The number of hydrogen-bond acceptors (Lipinski definition) is 4. The van der Waals surface area contributed by atoms with E-state index in [0.717, 1.165) is 55.8 Å². The third-order valence-corrected chi connectivity index (χ3v) is 6.12. The Morgan fingerprint density at radius 3 is 2.45 bits per heavy atom. The van der Waals surface area contributed by atoms with Gasteiger partial charge in [0.25, 0.3) is 0 Å². The quantitative estimate of drug-likeness (QED) is 0.334. The molecule has 2 aliphatic heterocycles. The Morgan fingerprint density at radius 2 is 1.76 bits per heavy atom. The van der Waals surface area contributed by atoms with Gasteiger partial charge >= 0.3 is 0 Å². The number of anilines is 1. The molecule has 164 valence electrons. The highest BCUT2D eigenvalue weighted by atomic mass is 127. The van der Waals surface area contributed by atoms with E-state index in [1.165, 1.54) is 38.0 Å². The van der Waals surface area contributed by atoms with Crippen molar-refractivity contribution in [3.8, 4) is 0 Å². The monoisotopic (exact) mass is 534 g/mol. The van der Waals surface area contributed by atoms with Crippen molar-refractivity contribution in [2.75, 3.05) is 71.4 Å². The van der Waals surface area contributed by atoms with Gasteiger partial charge in [0.05, 0.1) is 0 Å². The molecule has 2 N–H and O–H groups in total. The topological polar surface area (TPSA) is 46.1 Å². The first kappa shape index (κ1) is 24.5. The first-order valence-electron chi connectivity index (χ1n) is 10.5. The van der Waals surface area contributed by atoms with E-state index in [2.05, 4.69) is 43.4 Å². The summed E-state index contributed by atoms with van der Waals surface area (Å²) in [7, 11) is 4.00. The maximum atomic E-state index is 6.57. The number of nitrogens with one attached hydrogen (secondary N) is 2.